The Morgan fingerprint density at radius 2 is 1.77 bits per heavy atom. The van der Waals surface area contributed by atoms with Gasteiger partial charge in [-0.3, -0.25) is 9.59 Å². The number of amides is 1. The maximum Gasteiger partial charge on any atom is 0.261 e. The van der Waals surface area contributed by atoms with Gasteiger partial charge in [0.25, 0.3) is 11.5 Å². The number of rotatable bonds is 4. The summed E-state index contributed by atoms with van der Waals surface area (Å²) < 4.78 is 1.69. The van der Waals surface area contributed by atoms with Crippen LogP contribution in [0.3, 0.4) is 0 Å². The number of nitrogens with one attached hydrogen (secondary N) is 1. The van der Waals surface area contributed by atoms with Gasteiger partial charge in [-0.25, -0.2) is 0 Å². The molecule has 4 aromatic rings. The Hall–Kier alpha value is -3.79. The summed E-state index contributed by atoms with van der Waals surface area (Å²) in [5.74, 6) is 0.373. The molecule has 4 heterocycles. The van der Waals surface area contributed by atoms with Crippen LogP contribution in [-0.2, 0) is 0 Å². The van der Waals surface area contributed by atoms with Crippen molar-refractivity contribution in [3.63, 3.8) is 0 Å². The van der Waals surface area contributed by atoms with Gasteiger partial charge in [-0.05, 0) is 46.1 Å². The molecule has 1 aliphatic heterocycles. The van der Waals surface area contributed by atoms with Crippen LogP contribution >= 0.6 is 11.3 Å². The zero-order valence-electron chi connectivity index (χ0n) is 16.5. The number of thiophene rings is 1. The highest BCUT2D eigenvalue weighted by Gasteiger charge is 2.26. The highest BCUT2D eigenvalue weighted by atomic mass is 32.1. The Bertz CT molecular complexity index is 1240. The molecular weight excluding hydrogens is 414 g/mol. The van der Waals surface area contributed by atoms with Crippen LogP contribution in [0.1, 0.15) is 10.4 Å². The molecule has 0 aliphatic carbocycles. The fraction of sp³-hybridized carbons (Fsp3) is 0.190. The number of carbonyl (C=O) groups excluding carboxylic acids is 1. The molecule has 0 saturated carbocycles. The average Bonchev–Trinajstić information content (AvgIpc) is 3.52. The van der Waals surface area contributed by atoms with Gasteiger partial charge in [0.15, 0.2) is 0 Å². The quantitative estimate of drug-likeness (QED) is 0.529. The van der Waals surface area contributed by atoms with Crippen LogP contribution in [0.5, 0.6) is 0 Å². The predicted octanol–water partition coefficient (Wildman–Crippen LogP) is 2.04. The molecule has 0 atom stereocenters. The van der Waals surface area contributed by atoms with E-state index in [-0.39, 0.29) is 17.0 Å². The van der Waals surface area contributed by atoms with Crippen molar-refractivity contribution in [1.82, 2.24) is 30.1 Å². The number of carbonyl (C=O) groups is 1. The molecule has 0 radical (unpaired) electrons. The summed E-state index contributed by atoms with van der Waals surface area (Å²) >= 11 is 1.54. The third-order valence-electron chi connectivity index (χ3n) is 5.23. The lowest BCUT2D eigenvalue weighted by atomic mass is 10.2. The summed E-state index contributed by atoms with van der Waals surface area (Å²) in [5, 5.41) is 14.0. The smallest absolute Gasteiger partial charge is 0.261 e. The number of piperazine rings is 1. The van der Waals surface area contributed by atoms with E-state index >= 15 is 0 Å². The average molecular weight is 433 g/mol. The first kappa shape index (κ1) is 19.2. The van der Waals surface area contributed by atoms with Crippen molar-refractivity contribution in [2.24, 2.45) is 0 Å². The van der Waals surface area contributed by atoms with E-state index in [2.05, 4.69) is 20.5 Å². The Morgan fingerprint density at radius 1 is 0.968 bits per heavy atom. The molecule has 156 valence electrons. The number of aromatic nitrogens is 5. The van der Waals surface area contributed by atoms with Gasteiger partial charge >= 0.3 is 0 Å². The van der Waals surface area contributed by atoms with Gasteiger partial charge in [0, 0.05) is 26.2 Å². The molecule has 10 heteroatoms. The second kappa shape index (κ2) is 8.15. The molecule has 1 amide bonds. The molecule has 31 heavy (non-hydrogen) atoms. The maximum absolute atomic E-state index is 12.9. The van der Waals surface area contributed by atoms with Crippen molar-refractivity contribution in [3.05, 3.63) is 75.9 Å². The number of para-hydroxylation sites is 1. The van der Waals surface area contributed by atoms with Gasteiger partial charge in [0.05, 0.1) is 16.3 Å². The molecule has 0 spiro atoms. The monoisotopic (exact) mass is 433 g/mol. The number of tetrazole rings is 1. The maximum atomic E-state index is 12.9. The molecule has 5 rings (SSSR count). The van der Waals surface area contributed by atoms with Gasteiger partial charge in [-0.1, -0.05) is 29.4 Å². The number of H-pyrrole nitrogens is 1. The number of hydrogen-bond acceptors (Lipinski definition) is 7. The lowest BCUT2D eigenvalue weighted by Gasteiger charge is -2.34. The van der Waals surface area contributed by atoms with Crippen molar-refractivity contribution in [2.45, 2.75) is 0 Å². The van der Waals surface area contributed by atoms with Gasteiger partial charge in [0.2, 0.25) is 5.95 Å². The van der Waals surface area contributed by atoms with Crippen LogP contribution < -0.4 is 10.5 Å². The summed E-state index contributed by atoms with van der Waals surface area (Å²) in [7, 11) is 0. The van der Waals surface area contributed by atoms with Gasteiger partial charge < -0.3 is 14.8 Å². The van der Waals surface area contributed by atoms with Crippen molar-refractivity contribution >= 4 is 23.2 Å². The fourth-order valence-electron chi connectivity index (χ4n) is 3.61. The van der Waals surface area contributed by atoms with Crippen molar-refractivity contribution in [2.75, 3.05) is 31.1 Å². The highest BCUT2D eigenvalue weighted by molar-refractivity contribution is 7.13. The lowest BCUT2D eigenvalue weighted by Crippen LogP contribution is -2.50. The summed E-state index contributed by atoms with van der Waals surface area (Å²) in [6.45, 7) is 2.10. The minimum Gasteiger partial charge on any atom is -0.336 e. The number of hydrogen-bond donors (Lipinski definition) is 1. The molecule has 9 nitrogen and oxygen atoms in total. The van der Waals surface area contributed by atoms with Crippen molar-refractivity contribution < 1.29 is 4.79 Å². The molecule has 1 fully saturated rings. The molecule has 0 unspecified atom stereocenters. The summed E-state index contributed by atoms with van der Waals surface area (Å²) in [6.07, 6.45) is 0. The van der Waals surface area contributed by atoms with E-state index < -0.39 is 0 Å². The largest absolute Gasteiger partial charge is 0.336 e. The summed E-state index contributed by atoms with van der Waals surface area (Å²) in [4.78, 5) is 33.0. The van der Waals surface area contributed by atoms with E-state index in [0.717, 1.165) is 10.6 Å². The highest BCUT2D eigenvalue weighted by Crippen LogP contribution is 2.22. The fourth-order valence-corrected chi connectivity index (χ4v) is 4.32. The molecule has 1 aromatic carbocycles. The van der Waals surface area contributed by atoms with Gasteiger partial charge in [-0.2, -0.15) is 4.68 Å². The second-order valence-corrected chi connectivity index (χ2v) is 8.05. The Kier molecular flexibility index (Phi) is 5.04. The van der Waals surface area contributed by atoms with E-state index in [1.165, 1.54) is 11.3 Å². The number of benzene rings is 1. The molecule has 3 aromatic heterocycles. The van der Waals surface area contributed by atoms with Crippen LogP contribution in [0, 0.1) is 0 Å². The third-order valence-corrected chi connectivity index (χ3v) is 6.13. The summed E-state index contributed by atoms with van der Waals surface area (Å²) in [6, 6.07) is 16.9. The number of nitrogens with zero attached hydrogens (tertiary/aromatic N) is 6. The van der Waals surface area contributed by atoms with Crippen LogP contribution in [0.15, 0.2) is 64.8 Å². The standard InChI is InChI=1S/C21H19N7O2S/c29-19-16(8-9-17(22-19)18-7-4-14-31-18)20(30)26-10-12-27(13-11-26)21-23-24-25-28(21)15-5-2-1-3-6-15/h1-9,14H,10-13H2,(H,22,29). The second-order valence-electron chi connectivity index (χ2n) is 7.10. The normalized spacial score (nSPS) is 14.1. The molecular formula is C21H19N7O2S. The van der Waals surface area contributed by atoms with E-state index in [1.807, 2.05) is 52.7 Å². The zero-order chi connectivity index (χ0) is 21.2. The van der Waals surface area contributed by atoms with E-state index in [9.17, 15) is 9.59 Å². The van der Waals surface area contributed by atoms with Gasteiger partial charge in [-0.15, -0.1) is 11.3 Å². The molecule has 1 N–H and O–H groups in total. The Balaban J connectivity index is 1.29. The number of pyridine rings is 1. The minimum atomic E-state index is -0.369. The van der Waals surface area contributed by atoms with Crippen molar-refractivity contribution in [3.8, 4) is 16.3 Å². The van der Waals surface area contributed by atoms with Crippen LogP contribution in [0.2, 0.25) is 0 Å². The first-order valence-electron chi connectivity index (χ1n) is 9.86. The summed E-state index contributed by atoms with van der Waals surface area (Å²) in [5.41, 5.74) is 1.38. The zero-order valence-corrected chi connectivity index (χ0v) is 17.3. The van der Waals surface area contributed by atoms with Crippen LogP contribution in [0.25, 0.3) is 16.3 Å². The van der Waals surface area contributed by atoms with E-state index in [0.29, 0.717) is 37.8 Å². The number of aromatic amines is 1. The van der Waals surface area contributed by atoms with Crippen LogP contribution in [-0.4, -0.2) is 62.2 Å². The first-order chi connectivity index (χ1) is 15.2. The molecule has 1 saturated heterocycles. The SMILES string of the molecule is O=C(c1ccc(-c2cccs2)[nH]c1=O)N1CCN(c2nnnn2-c2ccccc2)CC1. The minimum absolute atomic E-state index is 0.155. The Morgan fingerprint density at radius 3 is 2.48 bits per heavy atom. The third kappa shape index (κ3) is 3.73. The van der Waals surface area contributed by atoms with E-state index in [1.54, 1.807) is 21.7 Å². The van der Waals surface area contributed by atoms with Crippen LogP contribution in [0.4, 0.5) is 5.95 Å². The van der Waals surface area contributed by atoms with Gasteiger partial charge in [0.1, 0.15) is 5.56 Å². The lowest BCUT2D eigenvalue weighted by molar-refractivity contribution is 0.0744. The number of anilines is 1. The van der Waals surface area contributed by atoms with Crippen molar-refractivity contribution in [1.29, 1.82) is 0 Å². The molecule has 1 aliphatic rings. The molecule has 0 bridgehead atoms. The van der Waals surface area contributed by atoms with E-state index in [4.69, 9.17) is 0 Å². The Labute approximate surface area is 181 Å². The first-order valence-corrected chi connectivity index (χ1v) is 10.7. The topological polar surface area (TPSA) is 100 Å². The predicted molar refractivity (Wildman–Crippen MR) is 118 cm³/mol.